The lowest BCUT2D eigenvalue weighted by molar-refractivity contribution is 0.0981. The van der Waals surface area contributed by atoms with Crippen LogP contribution in [0.3, 0.4) is 0 Å². The summed E-state index contributed by atoms with van der Waals surface area (Å²) in [5, 5.41) is 0. The molecule has 37 heavy (non-hydrogen) atoms. The summed E-state index contributed by atoms with van der Waals surface area (Å²) in [7, 11) is -3.61. The lowest BCUT2D eigenvalue weighted by Crippen LogP contribution is -2.47. The van der Waals surface area contributed by atoms with Gasteiger partial charge in [0.25, 0.3) is 5.91 Å². The second-order valence-electron chi connectivity index (χ2n) is 9.15. The monoisotopic (exact) mass is 525 g/mol. The standard InChI is InChI=1S/C28H32FN3O4S/c1-4-36-25-7-5-6-22(18-25)23-10-13-26(27(29)19-23)20(2)31-14-16-32(17-15-31)24-11-8-21(9-12-24)28(33)30-37(3,34)35/h5-13,18-20H,4,14-17H2,1-3H3,(H,30,33). The number of halogens is 1. The molecule has 9 heteroatoms. The number of carbonyl (C=O) groups excluding carboxylic acids is 1. The maximum Gasteiger partial charge on any atom is 0.264 e. The molecule has 1 aliphatic heterocycles. The molecule has 4 rings (SSSR count). The zero-order valence-corrected chi connectivity index (χ0v) is 22.1. The summed E-state index contributed by atoms with van der Waals surface area (Å²) in [5.41, 5.74) is 3.63. The van der Waals surface area contributed by atoms with E-state index in [2.05, 4.69) is 9.80 Å². The topological polar surface area (TPSA) is 79.0 Å². The Kier molecular flexibility index (Phi) is 8.14. The number of hydrogen-bond donors (Lipinski definition) is 1. The lowest BCUT2D eigenvalue weighted by atomic mass is 9.99. The third-order valence-corrected chi connectivity index (χ3v) is 7.12. The van der Waals surface area contributed by atoms with Crippen molar-refractivity contribution in [2.24, 2.45) is 0 Å². The largest absolute Gasteiger partial charge is 0.494 e. The van der Waals surface area contributed by atoms with Gasteiger partial charge in [0.05, 0.1) is 12.9 Å². The summed E-state index contributed by atoms with van der Waals surface area (Å²) < 4.78 is 45.3. The molecule has 1 N–H and O–H groups in total. The number of nitrogens with zero attached hydrogens (tertiary/aromatic N) is 2. The molecule has 0 saturated carbocycles. The Hall–Kier alpha value is -3.43. The van der Waals surface area contributed by atoms with Crippen molar-refractivity contribution in [2.45, 2.75) is 19.9 Å². The van der Waals surface area contributed by atoms with Crippen LogP contribution >= 0.6 is 0 Å². The smallest absolute Gasteiger partial charge is 0.264 e. The second-order valence-corrected chi connectivity index (χ2v) is 10.9. The third kappa shape index (κ3) is 6.67. The zero-order valence-electron chi connectivity index (χ0n) is 21.3. The average molecular weight is 526 g/mol. The van der Waals surface area contributed by atoms with Gasteiger partial charge in [-0.05, 0) is 67.4 Å². The van der Waals surface area contributed by atoms with Crippen LogP contribution in [0.25, 0.3) is 11.1 Å². The van der Waals surface area contributed by atoms with E-state index in [1.165, 1.54) is 0 Å². The molecule has 1 saturated heterocycles. The highest BCUT2D eigenvalue weighted by atomic mass is 32.2. The molecule has 1 fully saturated rings. The Morgan fingerprint density at radius 1 is 1.00 bits per heavy atom. The molecule has 7 nitrogen and oxygen atoms in total. The Labute approximate surface area is 217 Å². The van der Waals surface area contributed by atoms with E-state index in [0.29, 0.717) is 12.2 Å². The van der Waals surface area contributed by atoms with E-state index in [0.717, 1.165) is 55.0 Å². The molecule has 3 aromatic carbocycles. The minimum Gasteiger partial charge on any atom is -0.494 e. The van der Waals surface area contributed by atoms with Gasteiger partial charge in [-0.25, -0.2) is 17.5 Å². The van der Waals surface area contributed by atoms with Gasteiger partial charge in [-0.2, -0.15) is 0 Å². The Morgan fingerprint density at radius 3 is 2.30 bits per heavy atom. The first-order chi connectivity index (χ1) is 17.6. The molecule has 1 amide bonds. The number of rotatable bonds is 8. The summed E-state index contributed by atoms with van der Waals surface area (Å²) in [6.45, 7) is 7.56. The van der Waals surface area contributed by atoms with Crippen molar-refractivity contribution >= 4 is 21.6 Å². The van der Waals surface area contributed by atoms with Crippen molar-refractivity contribution in [1.29, 1.82) is 0 Å². The molecule has 1 aliphatic rings. The van der Waals surface area contributed by atoms with Crippen molar-refractivity contribution < 1.29 is 22.3 Å². The van der Waals surface area contributed by atoms with Crippen LogP contribution in [0.4, 0.5) is 10.1 Å². The Morgan fingerprint density at radius 2 is 1.68 bits per heavy atom. The molecule has 0 aliphatic carbocycles. The number of nitrogens with one attached hydrogen (secondary N) is 1. The van der Waals surface area contributed by atoms with Gasteiger partial charge in [0.15, 0.2) is 0 Å². The summed E-state index contributed by atoms with van der Waals surface area (Å²) in [4.78, 5) is 16.5. The van der Waals surface area contributed by atoms with E-state index >= 15 is 4.39 Å². The van der Waals surface area contributed by atoms with Crippen LogP contribution < -0.4 is 14.4 Å². The molecule has 1 atom stereocenters. The fourth-order valence-electron chi connectivity index (χ4n) is 4.59. The molecule has 0 aromatic heterocycles. The average Bonchev–Trinajstić information content (AvgIpc) is 2.88. The molecule has 0 radical (unpaired) electrons. The maximum absolute atomic E-state index is 15.2. The molecular formula is C28H32FN3O4S. The quantitative estimate of drug-likeness (QED) is 0.468. The van der Waals surface area contributed by atoms with Crippen molar-refractivity contribution in [3.63, 3.8) is 0 Å². The molecule has 1 unspecified atom stereocenters. The number of carbonyl (C=O) groups is 1. The molecule has 3 aromatic rings. The predicted molar refractivity (Wildman–Crippen MR) is 144 cm³/mol. The van der Waals surface area contributed by atoms with E-state index in [1.807, 2.05) is 67.1 Å². The van der Waals surface area contributed by atoms with Crippen LogP contribution in [-0.4, -0.2) is 58.3 Å². The van der Waals surface area contributed by atoms with Gasteiger partial charge < -0.3 is 9.64 Å². The first kappa shape index (κ1) is 26.6. The number of benzene rings is 3. The lowest BCUT2D eigenvalue weighted by Gasteiger charge is -2.39. The van der Waals surface area contributed by atoms with Crippen LogP contribution in [0.15, 0.2) is 66.7 Å². The minimum absolute atomic E-state index is 0.0759. The van der Waals surface area contributed by atoms with Crippen LogP contribution in [0.1, 0.15) is 35.8 Å². The Bertz CT molecular complexity index is 1350. The summed E-state index contributed by atoms with van der Waals surface area (Å²) in [6.07, 6.45) is 0.946. The van der Waals surface area contributed by atoms with Gasteiger partial charge in [0, 0.05) is 49.0 Å². The molecule has 0 spiro atoms. The van der Waals surface area contributed by atoms with Crippen molar-refractivity contribution in [3.05, 3.63) is 83.7 Å². The van der Waals surface area contributed by atoms with Crippen LogP contribution in [0.2, 0.25) is 0 Å². The van der Waals surface area contributed by atoms with E-state index in [-0.39, 0.29) is 17.4 Å². The molecule has 196 valence electrons. The van der Waals surface area contributed by atoms with Crippen LogP contribution in [0, 0.1) is 5.82 Å². The highest BCUT2D eigenvalue weighted by Crippen LogP contribution is 2.30. The van der Waals surface area contributed by atoms with Gasteiger partial charge in [0.1, 0.15) is 11.6 Å². The molecular weight excluding hydrogens is 493 g/mol. The summed E-state index contributed by atoms with van der Waals surface area (Å²) >= 11 is 0. The molecule has 0 bridgehead atoms. The van der Waals surface area contributed by atoms with Gasteiger partial charge in [-0.15, -0.1) is 0 Å². The van der Waals surface area contributed by atoms with Crippen LogP contribution in [-0.2, 0) is 10.0 Å². The van der Waals surface area contributed by atoms with Gasteiger partial charge in [0.2, 0.25) is 10.0 Å². The number of amides is 1. The van der Waals surface area contributed by atoms with E-state index in [4.69, 9.17) is 4.74 Å². The fourth-order valence-corrected chi connectivity index (χ4v) is 5.05. The fraction of sp³-hybridized carbons (Fsp3) is 0.321. The second kappa shape index (κ2) is 11.3. The van der Waals surface area contributed by atoms with Gasteiger partial charge >= 0.3 is 0 Å². The predicted octanol–water partition coefficient (Wildman–Crippen LogP) is 4.46. The summed E-state index contributed by atoms with van der Waals surface area (Å²) in [5.74, 6) is -0.109. The maximum atomic E-state index is 15.2. The first-order valence-electron chi connectivity index (χ1n) is 12.3. The summed E-state index contributed by atoms with van der Waals surface area (Å²) in [6, 6.07) is 19.9. The normalized spacial score (nSPS) is 15.3. The van der Waals surface area contributed by atoms with Crippen molar-refractivity contribution in [1.82, 2.24) is 9.62 Å². The number of ether oxygens (including phenoxy) is 1. The van der Waals surface area contributed by atoms with E-state index in [9.17, 15) is 13.2 Å². The third-order valence-electron chi connectivity index (χ3n) is 6.56. The minimum atomic E-state index is -3.61. The van der Waals surface area contributed by atoms with E-state index < -0.39 is 15.9 Å². The van der Waals surface area contributed by atoms with Crippen molar-refractivity contribution in [3.8, 4) is 16.9 Å². The van der Waals surface area contributed by atoms with Gasteiger partial charge in [-0.3, -0.25) is 9.69 Å². The number of sulfonamides is 1. The van der Waals surface area contributed by atoms with Gasteiger partial charge in [-0.1, -0.05) is 24.3 Å². The number of anilines is 1. The highest BCUT2D eigenvalue weighted by molar-refractivity contribution is 7.89. The SMILES string of the molecule is CCOc1cccc(-c2ccc(C(C)N3CCN(c4ccc(C(=O)NS(C)(=O)=O)cc4)CC3)c(F)c2)c1. The highest BCUT2D eigenvalue weighted by Gasteiger charge is 2.24. The Balaban J connectivity index is 1.38. The van der Waals surface area contributed by atoms with Crippen LogP contribution in [0.5, 0.6) is 5.75 Å². The molecule has 1 heterocycles. The van der Waals surface area contributed by atoms with Crippen molar-refractivity contribution in [2.75, 3.05) is 43.9 Å². The van der Waals surface area contributed by atoms with E-state index in [1.54, 1.807) is 18.2 Å². The number of piperazine rings is 1. The zero-order chi connectivity index (χ0) is 26.6. The number of hydrogen-bond acceptors (Lipinski definition) is 6. The first-order valence-corrected chi connectivity index (χ1v) is 14.2.